The molecule has 0 saturated heterocycles. The first-order chi connectivity index (χ1) is 8.34. The number of benzene rings is 1. The Balaban J connectivity index is 2.07. The van der Waals surface area contributed by atoms with Gasteiger partial charge in [0.15, 0.2) is 11.0 Å². The molecule has 6 nitrogen and oxygen atoms in total. The number of anilines is 1. The van der Waals surface area contributed by atoms with Crippen molar-refractivity contribution < 1.29 is 4.63 Å². The highest BCUT2D eigenvalue weighted by molar-refractivity contribution is 7.99. The van der Waals surface area contributed by atoms with Crippen LogP contribution in [0.2, 0.25) is 0 Å². The van der Waals surface area contributed by atoms with E-state index in [0.29, 0.717) is 16.7 Å². The standard InChI is InChI=1S/C10H7N5OS/c11-6-1-2-7(10-9(6)14-16-15-10)17-8-3-4-12-5-13-8/h1-5H,11H2. The fourth-order valence-electron chi connectivity index (χ4n) is 1.40. The lowest BCUT2D eigenvalue weighted by Crippen LogP contribution is -1.88. The molecule has 0 radical (unpaired) electrons. The number of nitrogens with two attached hydrogens (primary N) is 1. The van der Waals surface area contributed by atoms with E-state index in [1.807, 2.05) is 12.1 Å². The highest BCUT2D eigenvalue weighted by atomic mass is 32.2. The van der Waals surface area contributed by atoms with Gasteiger partial charge in [0.2, 0.25) is 0 Å². The Hall–Kier alpha value is -2.15. The Morgan fingerprint density at radius 2 is 2.00 bits per heavy atom. The normalized spacial score (nSPS) is 10.8. The fourth-order valence-corrected chi connectivity index (χ4v) is 2.22. The van der Waals surface area contributed by atoms with Gasteiger partial charge in [0.1, 0.15) is 11.4 Å². The third-order valence-corrected chi connectivity index (χ3v) is 3.18. The Morgan fingerprint density at radius 1 is 1.12 bits per heavy atom. The van der Waals surface area contributed by atoms with Crippen LogP contribution in [-0.2, 0) is 0 Å². The van der Waals surface area contributed by atoms with Gasteiger partial charge in [0.25, 0.3) is 0 Å². The summed E-state index contributed by atoms with van der Waals surface area (Å²) in [5.74, 6) is 0. The maximum atomic E-state index is 5.77. The smallest absolute Gasteiger partial charge is 0.159 e. The number of nitrogen functional groups attached to an aromatic ring is 1. The van der Waals surface area contributed by atoms with E-state index in [4.69, 9.17) is 10.4 Å². The second kappa shape index (κ2) is 4.02. The van der Waals surface area contributed by atoms with Crippen molar-refractivity contribution in [2.45, 2.75) is 9.92 Å². The van der Waals surface area contributed by atoms with E-state index in [1.165, 1.54) is 18.1 Å². The number of nitrogens with zero attached hydrogens (tertiary/aromatic N) is 4. The molecule has 3 rings (SSSR count). The van der Waals surface area contributed by atoms with Crippen LogP contribution < -0.4 is 5.73 Å². The minimum atomic E-state index is 0.549. The van der Waals surface area contributed by atoms with Crippen LogP contribution in [0.1, 0.15) is 0 Å². The van der Waals surface area contributed by atoms with Crippen molar-refractivity contribution in [2.75, 3.05) is 5.73 Å². The zero-order chi connectivity index (χ0) is 11.7. The summed E-state index contributed by atoms with van der Waals surface area (Å²) in [7, 11) is 0. The number of hydrogen-bond donors (Lipinski definition) is 1. The van der Waals surface area contributed by atoms with Crippen LogP contribution in [0.5, 0.6) is 0 Å². The summed E-state index contributed by atoms with van der Waals surface area (Å²) in [5.41, 5.74) is 7.53. The summed E-state index contributed by atoms with van der Waals surface area (Å²) >= 11 is 1.46. The van der Waals surface area contributed by atoms with Crippen molar-refractivity contribution in [3.8, 4) is 0 Å². The first-order valence-electron chi connectivity index (χ1n) is 4.79. The Morgan fingerprint density at radius 3 is 2.82 bits per heavy atom. The van der Waals surface area contributed by atoms with Gasteiger partial charge < -0.3 is 5.73 Å². The molecule has 17 heavy (non-hydrogen) atoms. The zero-order valence-electron chi connectivity index (χ0n) is 8.57. The quantitative estimate of drug-likeness (QED) is 0.543. The Labute approximate surface area is 100 Å². The molecule has 2 heterocycles. The van der Waals surface area contributed by atoms with E-state index in [0.717, 1.165) is 9.92 Å². The molecule has 0 bridgehead atoms. The summed E-state index contributed by atoms with van der Waals surface area (Å²) in [5, 5.41) is 8.44. The molecule has 0 unspecified atom stereocenters. The lowest BCUT2D eigenvalue weighted by Gasteiger charge is -2.01. The summed E-state index contributed by atoms with van der Waals surface area (Å²) in [6.07, 6.45) is 3.18. The lowest BCUT2D eigenvalue weighted by molar-refractivity contribution is 0.315. The van der Waals surface area contributed by atoms with Crippen LogP contribution in [0.25, 0.3) is 11.0 Å². The molecule has 0 spiro atoms. The van der Waals surface area contributed by atoms with Crippen LogP contribution in [0.4, 0.5) is 5.69 Å². The van der Waals surface area contributed by atoms with Crippen molar-refractivity contribution in [1.29, 1.82) is 0 Å². The van der Waals surface area contributed by atoms with Crippen molar-refractivity contribution in [3.05, 3.63) is 30.7 Å². The maximum Gasteiger partial charge on any atom is 0.159 e. The third kappa shape index (κ3) is 1.80. The molecule has 3 aromatic rings. The van der Waals surface area contributed by atoms with Gasteiger partial charge in [0.05, 0.1) is 5.69 Å². The van der Waals surface area contributed by atoms with Crippen LogP contribution in [0.3, 0.4) is 0 Å². The summed E-state index contributed by atoms with van der Waals surface area (Å²) in [6.45, 7) is 0. The van der Waals surface area contributed by atoms with Crippen LogP contribution in [-0.4, -0.2) is 20.3 Å². The third-order valence-electron chi connectivity index (χ3n) is 2.18. The van der Waals surface area contributed by atoms with E-state index >= 15 is 0 Å². The second-order valence-corrected chi connectivity index (χ2v) is 4.33. The summed E-state index contributed by atoms with van der Waals surface area (Å²) in [6, 6.07) is 5.46. The van der Waals surface area contributed by atoms with Gasteiger partial charge in [-0.25, -0.2) is 14.6 Å². The van der Waals surface area contributed by atoms with E-state index in [1.54, 1.807) is 12.3 Å². The molecule has 84 valence electrons. The van der Waals surface area contributed by atoms with E-state index in [2.05, 4.69) is 20.3 Å². The maximum absolute atomic E-state index is 5.77. The van der Waals surface area contributed by atoms with Crippen LogP contribution in [0, 0.1) is 0 Å². The van der Waals surface area contributed by atoms with Gasteiger partial charge in [-0.1, -0.05) is 11.8 Å². The SMILES string of the molecule is Nc1ccc(Sc2ccncn2)c2nonc12. The molecule has 0 amide bonds. The molecule has 2 N–H and O–H groups in total. The molecule has 7 heteroatoms. The largest absolute Gasteiger partial charge is 0.397 e. The zero-order valence-corrected chi connectivity index (χ0v) is 9.39. The number of fused-ring (bicyclic) bond motifs is 1. The topological polar surface area (TPSA) is 90.7 Å². The molecule has 2 aromatic heterocycles. The molecular formula is C10H7N5OS. The van der Waals surface area contributed by atoms with Crippen molar-refractivity contribution in [3.63, 3.8) is 0 Å². The minimum Gasteiger partial charge on any atom is -0.397 e. The number of aromatic nitrogens is 4. The van der Waals surface area contributed by atoms with Crippen molar-refractivity contribution >= 4 is 28.5 Å². The first kappa shape index (κ1) is 10.0. The molecule has 0 aliphatic carbocycles. The fraction of sp³-hybridized carbons (Fsp3) is 0. The summed E-state index contributed by atoms with van der Waals surface area (Å²) < 4.78 is 4.70. The number of hydrogen-bond acceptors (Lipinski definition) is 7. The molecule has 0 fully saturated rings. The predicted molar refractivity (Wildman–Crippen MR) is 62.4 cm³/mol. The minimum absolute atomic E-state index is 0.549. The monoisotopic (exact) mass is 245 g/mol. The Kier molecular flexibility index (Phi) is 2.37. The van der Waals surface area contributed by atoms with E-state index < -0.39 is 0 Å². The van der Waals surface area contributed by atoms with Gasteiger partial charge in [0, 0.05) is 11.1 Å². The molecular weight excluding hydrogens is 238 g/mol. The predicted octanol–water partition coefficient (Wildman–Crippen LogP) is 1.75. The highest BCUT2D eigenvalue weighted by Crippen LogP contribution is 2.32. The van der Waals surface area contributed by atoms with Crippen molar-refractivity contribution in [1.82, 2.24) is 20.3 Å². The van der Waals surface area contributed by atoms with E-state index in [-0.39, 0.29) is 0 Å². The first-order valence-corrected chi connectivity index (χ1v) is 5.61. The van der Waals surface area contributed by atoms with Gasteiger partial charge in [-0.15, -0.1) is 0 Å². The van der Waals surface area contributed by atoms with Gasteiger partial charge in [-0.05, 0) is 28.5 Å². The molecule has 0 saturated carbocycles. The molecule has 0 aliphatic heterocycles. The van der Waals surface area contributed by atoms with Gasteiger partial charge in [-0.2, -0.15) is 0 Å². The molecule has 0 aliphatic rings. The highest BCUT2D eigenvalue weighted by Gasteiger charge is 2.11. The molecule has 1 aromatic carbocycles. The average Bonchev–Trinajstić information content (AvgIpc) is 2.84. The van der Waals surface area contributed by atoms with Crippen LogP contribution in [0.15, 0.2) is 45.3 Å². The van der Waals surface area contributed by atoms with Crippen LogP contribution >= 0.6 is 11.8 Å². The van der Waals surface area contributed by atoms with Crippen molar-refractivity contribution in [2.24, 2.45) is 0 Å². The number of rotatable bonds is 2. The van der Waals surface area contributed by atoms with Gasteiger partial charge >= 0.3 is 0 Å². The molecule has 0 atom stereocenters. The van der Waals surface area contributed by atoms with E-state index in [9.17, 15) is 0 Å². The average molecular weight is 245 g/mol. The van der Waals surface area contributed by atoms with Gasteiger partial charge in [-0.3, -0.25) is 0 Å². The Bertz CT molecular complexity index is 654. The summed E-state index contributed by atoms with van der Waals surface area (Å²) in [4.78, 5) is 8.89. The lowest BCUT2D eigenvalue weighted by atomic mass is 10.3. The second-order valence-electron chi connectivity index (χ2n) is 3.26.